The summed E-state index contributed by atoms with van der Waals surface area (Å²) in [4.78, 5) is 60.4. The molecular weight excluding hydrogens is 390 g/mol. The number of imide groups is 1. The van der Waals surface area contributed by atoms with Crippen molar-refractivity contribution in [1.29, 1.82) is 0 Å². The van der Waals surface area contributed by atoms with Crippen molar-refractivity contribution in [2.45, 2.75) is 13.3 Å². The van der Waals surface area contributed by atoms with Crippen LogP contribution < -0.4 is 10.6 Å². The van der Waals surface area contributed by atoms with Gasteiger partial charge in [-0.25, -0.2) is 0 Å². The molecular formula is C21H19N3O6. The second-order valence-corrected chi connectivity index (χ2v) is 6.59. The van der Waals surface area contributed by atoms with Crippen LogP contribution in [0.15, 0.2) is 48.5 Å². The van der Waals surface area contributed by atoms with E-state index in [-0.39, 0.29) is 12.3 Å². The minimum Gasteiger partial charge on any atom is -0.454 e. The molecule has 2 aromatic carbocycles. The van der Waals surface area contributed by atoms with E-state index in [2.05, 4.69) is 10.6 Å². The average Bonchev–Trinajstić information content (AvgIpc) is 2.71. The number of rotatable bonds is 6. The summed E-state index contributed by atoms with van der Waals surface area (Å²) in [6.07, 6.45) is 0.0180. The lowest BCUT2D eigenvalue weighted by Crippen LogP contribution is -2.45. The Hall–Kier alpha value is -4.01. The molecule has 0 fully saturated rings. The monoisotopic (exact) mass is 409 g/mol. The molecule has 9 nitrogen and oxygen atoms in total. The topological polar surface area (TPSA) is 122 Å². The maximum Gasteiger partial charge on any atom is 0.326 e. The van der Waals surface area contributed by atoms with Gasteiger partial charge >= 0.3 is 5.97 Å². The number of amides is 4. The van der Waals surface area contributed by atoms with Crippen LogP contribution in [0.2, 0.25) is 0 Å². The van der Waals surface area contributed by atoms with E-state index in [1.165, 1.54) is 6.92 Å². The highest BCUT2D eigenvalue weighted by Gasteiger charge is 2.32. The highest BCUT2D eigenvalue weighted by atomic mass is 16.5. The first kappa shape index (κ1) is 20.7. The third-order valence-corrected chi connectivity index (χ3v) is 4.28. The van der Waals surface area contributed by atoms with Crippen molar-refractivity contribution < 1.29 is 28.7 Å². The smallest absolute Gasteiger partial charge is 0.326 e. The fraction of sp³-hybridized carbons (Fsp3) is 0.190. The van der Waals surface area contributed by atoms with Crippen LogP contribution in [-0.4, -0.2) is 47.6 Å². The molecule has 4 amide bonds. The molecule has 0 saturated heterocycles. The first-order valence-electron chi connectivity index (χ1n) is 9.09. The van der Waals surface area contributed by atoms with Crippen molar-refractivity contribution in [1.82, 2.24) is 4.90 Å². The molecule has 0 atom stereocenters. The molecule has 9 heteroatoms. The molecule has 2 aromatic rings. The number of hydrogen-bond donors (Lipinski definition) is 2. The Morgan fingerprint density at radius 3 is 2.27 bits per heavy atom. The Morgan fingerprint density at radius 2 is 1.60 bits per heavy atom. The molecule has 0 aromatic heterocycles. The van der Waals surface area contributed by atoms with Gasteiger partial charge in [0.05, 0.1) is 6.42 Å². The Kier molecular flexibility index (Phi) is 6.21. The van der Waals surface area contributed by atoms with Crippen molar-refractivity contribution in [3.05, 3.63) is 59.7 Å². The van der Waals surface area contributed by atoms with E-state index in [9.17, 15) is 24.0 Å². The summed E-state index contributed by atoms with van der Waals surface area (Å²) in [5, 5.41) is 5.13. The molecule has 30 heavy (non-hydrogen) atoms. The van der Waals surface area contributed by atoms with Gasteiger partial charge in [-0.15, -0.1) is 0 Å². The van der Waals surface area contributed by atoms with Gasteiger partial charge in [0.25, 0.3) is 11.8 Å². The van der Waals surface area contributed by atoms with Crippen LogP contribution in [0.25, 0.3) is 0 Å². The number of nitrogens with one attached hydrogen (secondary N) is 2. The number of carbonyl (C=O) groups is 5. The molecule has 0 radical (unpaired) electrons. The zero-order valence-corrected chi connectivity index (χ0v) is 16.1. The minimum atomic E-state index is -0.868. The molecule has 3 rings (SSSR count). The van der Waals surface area contributed by atoms with Crippen molar-refractivity contribution in [3.63, 3.8) is 0 Å². The quantitative estimate of drug-likeness (QED) is 0.549. The van der Waals surface area contributed by atoms with E-state index in [0.717, 1.165) is 4.90 Å². The number of hydrogen-bond acceptors (Lipinski definition) is 6. The van der Waals surface area contributed by atoms with Crippen molar-refractivity contribution in [3.8, 4) is 0 Å². The molecule has 0 aliphatic carbocycles. The fourth-order valence-electron chi connectivity index (χ4n) is 2.92. The summed E-state index contributed by atoms with van der Waals surface area (Å²) < 4.78 is 4.89. The van der Waals surface area contributed by atoms with Gasteiger partial charge in [-0.2, -0.15) is 0 Å². The molecule has 0 spiro atoms. The van der Waals surface area contributed by atoms with E-state index < -0.39 is 36.8 Å². The number of benzene rings is 2. The van der Waals surface area contributed by atoms with Crippen molar-refractivity contribution in [2.75, 3.05) is 23.8 Å². The number of anilines is 2. The van der Waals surface area contributed by atoms with E-state index in [1.807, 2.05) is 0 Å². The standard InChI is InChI=1S/C21H19N3O6/c1-13(25)22-15-6-8-16(9-7-15)23-18(26)12-30-20(28)11-24-19(27)10-14-4-2-3-5-17(14)21(24)29/h2-9H,10-12H2,1H3,(H,22,25)(H,23,26). The predicted molar refractivity (Wildman–Crippen MR) is 107 cm³/mol. The van der Waals surface area contributed by atoms with Gasteiger partial charge in [-0.05, 0) is 35.9 Å². The molecule has 0 bridgehead atoms. The zero-order valence-electron chi connectivity index (χ0n) is 16.1. The van der Waals surface area contributed by atoms with Gasteiger partial charge in [0.15, 0.2) is 6.61 Å². The third-order valence-electron chi connectivity index (χ3n) is 4.28. The fourth-order valence-corrected chi connectivity index (χ4v) is 2.92. The van der Waals surface area contributed by atoms with E-state index >= 15 is 0 Å². The highest BCUT2D eigenvalue weighted by molar-refractivity contribution is 6.11. The van der Waals surface area contributed by atoms with E-state index in [0.29, 0.717) is 22.5 Å². The van der Waals surface area contributed by atoms with Crippen LogP contribution in [0.1, 0.15) is 22.8 Å². The van der Waals surface area contributed by atoms with E-state index in [4.69, 9.17) is 4.74 Å². The average molecular weight is 409 g/mol. The molecule has 1 heterocycles. The van der Waals surface area contributed by atoms with Gasteiger partial charge in [0, 0.05) is 23.9 Å². The van der Waals surface area contributed by atoms with Gasteiger partial charge in [0.2, 0.25) is 11.8 Å². The lowest BCUT2D eigenvalue weighted by Gasteiger charge is -2.25. The largest absolute Gasteiger partial charge is 0.454 e. The number of carbonyl (C=O) groups excluding carboxylic acids is 5. The van der Waals surface area contributed by atoms with Crippen LogP contribution in [0.3, 0.4) is 0 Å². The minimum absolute atomic E-state index is 0.0180. The number of ether oxygens (including phenoxy) is 1. The van der Waals surface area contributed by atoms with Crippen molar-refractivity contribution in [2.24, 2.45) is 0 Å². The third kappa shape index (κ3) is 5.07. The van der Waals surface area contributed by atoms with Gasteiger partial charge in [-0.1, -0.05) is 18.2 Å². The van der Waals surface area contributed by atoms with Crippen LogP contribution >= 0.6 is 0 Å². The Labute approximate surface area is 172 Å². The lowest BCUT2D eigenvalue weighted by molar-refractivity contribution is -0.150. The summed E-state index contributed by atoms with van der Waals surface area (Å²) >= 11 is 0. The van der Waals surface area contributed by atoms with Crippen LogP contribution in [0.4, 0.5) is 11.4 Å². The van der Waals surface area contributed by atoms with Crippen molar-refractivity contribution >= 4 is 41.0 Å². The first-order valence-corrected chi connectivity index (χ1v) is 9.09. The maximum absolute atomic E-state index is 12.4. The molecule has 154 valence electrons. The number of fused-ring (bicyclic) bond motifs is 1. The Morgan fingerprint density at radius 1 is 0.967 bits per heavy atom. The Balaban J connectivity index is 1.49. The maximum atomic E-state index is 12.4. The molecule has 1 aliphatic rings. The summed E-state index contributed by atoms with van der Waals surface area (Å²) in [5.74, 6) is -2.74. The Bertz CT molecular complexity index is 1020. The molecule has 0 unspecified atom stereocenters. The summed E-state index contributed by atoms with van der Waals surface area (Å²) in [5.41, 5.74) is 2.00. The van der Waals surface area contributed by atoms with E-state index in [1.54, 1.807) is 48.5 Å². The summed E-state index contributed by atoms with van der Waals surface area (Å²) in [6.45, 7) is 0.248. The second-order valence-electron chi connectivity index (χ2n) is 6.59. The normalized spacial score (nSPS) is 12.8. The molecule has 1 aliphatic heterocycles. The molecule has 0 saturated carbocycles. The zero-order chi connectivity index (χ0) is 21.7. The highest BCUT2D eigenvalue weighted by Crippen LogP contribution is 2.19. The van der Waals surface area contributed by atoms with Gasteiger partial charge in [-0.3, -0.25) is 28.9 Å². The van der Waals surface area contributed by atoms with Crippen LogP contribution in [0.5, 0.6) is 0 Å². The summed E-state index contributed by atoms with van der Waals surface area (Å²) in [7, 11) is 0. The first-order chi connectivity index (χ1) is 14.3. The SMILES string of the molecule is CC(=O)Nc1ccc(NC(=O)COC(=O)CN2C(=O)Cc3ccccc3C2=O)cc1. The van der Waals surface area contributed by atoms with Gasteiger partial charge in [0.1, 0.15) is 6.54 Å². The number of esters is 1. The second kappa shape index (κ2) is 8.99. The van der Waals surface area contributed by atoms with Crippen LogP contribution in [-0.2, 0) is 30.3 Å². The predicted octanol–water partition coefficient (Wildman–Crippen LogP) is 1.35. The summed E-state index contributed by atoms with van der Waals surface area (Å²) in [6, 6.07) is 13.1. The number of nitrogens with zero attached hydrogens (tertiary/aromatic N) is 1. The van der Waals surface area contributed by atoms with Gasteiger partial charge < -0.3 is 15.4 Å². The molecule has 2 N–H and O–H groups in total. The lowest BCUT2D eigenvalue weighted by atomic mass is 9.98. The van der Waals surface area contributed by atoms with Crippen LogP contribution in [0, 0.1) is 0 Å².